The number of thiophene rings is 1. The first-order chi connectivity index (χ1) is 16.2. The van der Waals surface area contributed by atoms with Crippen LogP contribution in [0.1, 0.15) is 31.9 Å². The van der Waals surface area contributed by atoms with E-state index in [9.17, 15) is 4.79 Å². The second-order valence-electron chi connectivity index (χ2n) is 7.04. The van der Waals surface area contributed by atoms with E-state index in [-0.39, 0.29) is 5.78 Å². The van der Waals surface area contributed by atoms with E-state index in [1.165, 1.54) is 0 Å². The van der Waals surface area contributed by atoms with E-state index in [1.54, 1.807) is 56.0 Å². The highest BCUT2D eigenvalue weighted by atomic mass is 32.1. The van der Waals surface area contributed by atoms with E-state index < -0.39 is 0 Å². The van der Waals surface area contributed by atoms with Crippen LogP contribution in [0.5, 0.6) is 11.5 Å². The second kappa shape index (κ2) is 10.5. The van der Waals surface area contributed by atoms with Gasteiger partial charge in [-0.2, -0.15) is 5.10 Å². The Morgan fingerprint density at radius 2 is 1.36 bits per heavy atom. The lowest BCUT2D eigenvalue weighted by Gasteiger charge is -2.12. The van der Waals surface area contributed by atoms with E-state index in [0.717, 1.165) is 16.2 Å². The molecule has 0 aliphatic heterocycles. The normalized spacial score (nSPS) is 11.5. The number of ketones is 1. The number of hydrogen-bond acceptors (Lipinski definition) is 6. The summed E-state index contributed by atoms with van der Waals surface area (Å²) in [6.45, 7) is 0. The summed E-state index contributed by atoms with van der Waals surface area (Å²) in [5, 5.41) is 10.8. The Morgan fingerprint density at radius 3 is 1.94 bits per heavy atom. The number of benzene rings is 3. The van der Waals surface area contributed by atoms with E-state index in [4.69, 9.17) is 9.47 Å². The summed E-state index contributed by atoms with van der Waals surface area (Å²) in [5.41, 5.74) is 3.24. The number of hydrogen-bond donors (Lipinski definition) is 0. The lowest BCUT2D eigenvalue weighted by atomic mass is 9.93. The summed E-state index contributed by atoms with van der Waals surface area (Å²) in [4.78, 5) is 14.4. The van der Waals surface area contributed by atoms with Gasteiger partial charge in [0.15, 0.2) is 5.78 Å². The Labute approximate surface area is 196 Å². The highest BCUT2D eigenvalue weighted by molar-refractivity contribution is 7.11. The summed E-state index contributed by atoms with van der Waals surface area (Å²) in [6, 6.07) is 26.0. The minimum absolute atomic E-state index is 0.100. The van der Waals surface area contributed by atoms with Crippen molar-refractivity contribution >= 4 is 29.0 Å². The van der Waals surface area contributed by atoms with Gasteiger partial charge < -0.3 is 9.47 Å². The fraction of sp³-hybridized carbons (Fsp3) is 0.0741. The van der Waals surface area contributed by atoms with E-state index in [0.29, 0.717) is 28.2 Å². The van der Waals surface area contributed by atoms with Crippen LogP contribution in [0.4, 0.5) is 0 Å². The zero-order valence-electron chi connectivity index (χ0n) is 18.3. The molecule has 1 aromatic heterocycles. The second-order valence-corrected chi connectivity index (χ2v) is 8.02. The highest BCUT2D eigenvalue weighted by Gasteiger charge is 2.18. The highest BCUT2D eigenvalue weighted by Crippen LogP contribution is 2.22. The van der Waals surface area contributed by atoms with Crippen LogP contribution in [0.3, 0.4) is 0 Å². The molecule has 0 unspecified atom stereocenters. The third kappa shape index (κ3) is 5.25. The van der Waals surface area contributed by atoms with Gasteiger partial charge in [0, 0.05) is 27.1 Å². The number of nitrogens with zero attached hydrogens (tertiary/aromatic N) is 2. The third-order valence-electron chi connectivity index (χ3n) is 5.03. The molecule has 4 aromatic rings. The van der Waals surface area contributed by atoms with Gasteiger partial charge in [-0.25, -0.2) is 0 Å². The van der Waals surface area contributed by atoms with E-state index >= 15 is 0 Å². The summed E-state index contributed by atoms with van der Waals surface area (Å²) in [6.07, 6.45) is 1.71. The molecule has 164 valence electrons. The SMILES string of the molecule is COc1ccc(C(=O)c2ccccc2/C(=N/N=C/c2cccs2)c2ccc(OC)cc2)cc1. The van der Waals surface area contributed by atoms with Gasteiger partial charge in [-0.15, -0.1) is 16.4 Å². The van der Waals surface area contributed by atoms with Crippen molar-refractivity contribution in [2.24, 2.45) is 10.2 Å². The third-order valence-corrected chi connectivity index (χ3v) is 5.84. The molecule has 0 bridgehead atoms. The van der Waals surface area contributed by atoms with Crippen LogP contribution in [0.25, 0.3) is 0 Å². The van der Waals surface area contributed by atoms with Crippen molar-refractivity contribution in [2.45, 2.75) is 0 Å². The molecular weight excluding hydrogens is 432 g/mol. The first-order valence-corrected chi connectivity index (χ1v) is 11.1. The predicted octanol–water partition coefficient (Wildman–Crippen LogP) is 5.87. The van der Waals surface area contributed by atoms with Crippen molar-refractivity contribution in [3.8, 4) is 11.5 Å². The molecule has 3 aromatic carbocycles. The number of rotatable bonds is 8. The molecule has 33 heavy (non-hydrogen) atoms. The Balaban J connectivity index is 1.78. The largest absolute Gasteiger partial charge is 0.497 e. The molecule has 0 spiro atoms. The summed E-state index contributed by atoms with van der Waals surface area (Å²) in [7, 11) is 3.22. The smallest absolute Gasteiger partial charge is 0.193 e. The average molecular weight is 455 g/mol. The van der Waals surface area contributed by atoms with Crippen molar-refractivity contribution in [1.82, 2.24) is 0 Å². The molecule has 0 radical (unpaired) electrons. The molecule has 6 heteroatoms. The fourth-order valence-corrected chi connectivity index (χ4v) is 3.89. The molecule has 4 rings (SSSR count). The molecular formula is C27H22N2O3S. The van der Waals surface area contributed by atoms with Gasteiger partial charge in [0.1, 0.15) is 17.2 Å². The molecule has 0 atom stereocenters. The van der Waals surface area contributed by atoms with Gasteiger partial charge in [0.05, 0.1) is 20.4 Å². The Bertz CT molecular complexity index is 1280. The first kappa shape index (κ1) is 22.2. The van der Waals surface area contributed by atoms with Crippen molar-refractivity contribution in [3.63, 3.8) is 0 Å². The van der Waals surface area contributed by atoms with Gasteiger partial charge in [0.25, 0.3) is 0 Å². The van der Waals surface area contributed by atoms with Crippen LogP contribution >= 0.6 is 11.3 Å². The zero-order chi connectivity index (χ0) is 23.0. The summed E-state index contributed by atoms with van der Waals surface area (Å²) < 4.78 is 10.5. The molecule has 0 aliphatic carbocycles. The maximum atomic E-state index is 13.4. The number of carbonyl (C=O) groups is 1. The molecule has 0 N–H and O–H groups in total. The van der Waals surface area contributed by atoms with Crippen LogP contribution in [0.2, 0.25) is 0 Å². The zero-order valence-corrected chi connectivity index (χ0v) is 19.1. The van der Waals surface area contributed by atoms with E-state index in [1.807, 2.05) is 66.0 Å². The molecule has 1 heterocycles. The lowest BCUT2D eigenvalue weighted by molar-refractivity contribution is 0.103. The van der Waals surface area contributed by atoms with Crippen LogP contribution in [0, 0.1) is 0 Å². The monoisotopic (exact) mass is 454 g/mol. The van der Waals surface area contributed by atoms with Gasteiger partial charge in [0.2, 0.25) is 0 Å². The molecule has 0 saturated heterocycles. The fourth-order valence-electron chi connectivity index (χ4n) is 3.31. The number of ether oxygens (including phenoxy) is 2. The van der Waals surface area contributed by atoms with Gasteiger partial charge >= 0.3 is 0 Å². The van der Waals surface area contributed by atoms with Crippen molar-refractivity contribution in [1.29, 1.82) is 0 Å². The van der Waals surface area contributed by atoms with E-state index in [2.05, 4.69) is 10.2 Å². The van der Waals surface area contributed by atoms with Gasteiger partial charge in [-0.1, -0.05) is 30.3 Å². The topological polar surface area (TPSA) is 60.2 Å². The molecule has 0 amide bonds. The first-order valence-electron chi connectivity index (χ1n) is 10.3. The Morgan fingerprint density at radius 1 is 0.758 bits per heavy atom. The Kier molecular flexibility index (Phi) is 7.07. The Hall–Kier alpha value is -4.03. The maximum absolute atomic E-state index is 13.4. The molecule has 0 saturated carbocycles. The predicted molar refractivity (Wildman–Crippen MR) is 133 cm³/mol. The van der Waals surface area contributed by atoms with Gasteiger partial charge in [-0.05, 0) is 60.0 Å². The standard InChI is InChI=1S/C27H22N2O3S/c1-31-21-13-9-19(10-14-21)26(29-28-18-23-6-5-17-33-23)24-7-3-4-8-25(24)27(30)20-11-15-22(32-2)16-12-20/h3-18H,1-2H3/b28-18+,29-26+. The van der Waals surface area contributed by atoms with Crippen LogP contribution in [-0.2, 0) is 0 Å². The summed E-state index contributed by atoms with van der Waals surface area (Å²) in [5.74, 6) is 1.34. The van der Waals surface area contributed by atoms with Crippen molar-refractivity contribution < 1.29 is 14.3 Å². The summed E-state index contributed by atoms with van der Waals surface area (Å²) >= 11 is 1.58. The van der Waals surface area contributed by atoms with Crippen molar-refractivity contribution in [2.75, 3.05) is 14.2 Å². The lowest BCUT2D eigenvalue weighted by Crippen LogP contribution is -2.12. The van der Waals surface area contributed by atoms with Crippen molar-refractivity contribution in [3.05, 3.63) is 117 Å². The van der Waals surface area contributed by atoms with Gasteiger partial charge in [-0.3, -0.25) is 4.79 Å². The maximum Gasteiger partial charge on any atom is 0.193 e. The van der Waals surface area contributed by atoms with Crippen LogP contribution in [-0.4, -0.2) is 31.9 Å². The minimum atomic E-state index is -0.100. The molecule has 0 aliphatic rings. The minimum Gasteiger partial charge on any atom is -0.497 e. The number of methoxy groups -OCH3 is 2. The average Bonchev–Trinajstić information content (AvgIpc) is 3.40. The molecule has 5 nitrogen and oxygen atoms in total. The van der Waals surface area contributed by atoms with Crippen LogP contribution < -0.4 is 9.47 Å². The van der Waals surface area contributed by atoms with Crippen LogP contribution in [0.15, 0.2) is 101 Å². The quantitative estimate of drug-likeness (QED) is 0.190. The number of carbonyl (C=O) groups excluding carboxylic acids is 1. The molecule has 0 fully saturated rings.